The first-order chi connectivity index (χ1) is 7.73. The lowest BCUT2D eigenvalue weighted by Crippen LogP contribution is -2.17. The highest BCUT2D eigenvalue weighted by Gasteiger charge is 2.28. The minimum atomic E-state index is -0.994. The Morgan fingerprint density at radius 3 is 1.88 bits per heavy atom. The molecule has 0 nitrogen and oxygen atoms in total. The molecule has 0 spiro atoms. The summed E-state index contributed by atoms with van der Waals surface area (Å²) in [6.45, 7) is 4.61. The van der Waals surface area contributed by atoms with E-state index >= 15 is 0 Å². The molecule has 0 aromatic rings. The van der Waals surface area contributed by atoms with Gasteiger partial charge in [0.05, 0.1) is 0 Å². The van der Waals surface area contributed by atoms with Crippen LogP contribution in [0.1, 0.15) is 71.6 Å². The summed E-state index contributed by atoms with van der Waals surface area (Å²) in [5, 5.41) is 0. The third-order valence-corrected chi connectivity index (χ3v) is 10.0. The summed E-state index contributed by atoms with van der Waals surface area (Å²) < 4.78 is 0. The van der Waals surface area contributed by atoms with Gasteiger partial charge in [-0.2, -0.15) is 0 Å². The fraction of sp³-hybridized carbons (Fsp3) is 1.00. The molecule has 1 fully saturated rings. The van der Waals surface area contributed by atoms with Crippen molar-refractivity contribution in [3.63, 3.8) is 0 Å². The predicted octanol–water partition coefficient (Wildman–Crippen LogP) is 5.40. The maximum absolute atomic E-state index is 6.16. The van der Waals surface area contributed by atoms with E-state index in [-0.39, 0.29) is 0 Å². The highest BCUT2D eigenvalue weighted by Crippen LogP contribution is 2.57. The summed E-state index contributed by atoms with van der Waals surface area (Å²) >= 11 is 6.16. The lowest BCUT2D eigenvalue weighted by molar-refractivity contribution is 0.509. The average molecular weight is 260 g/mol. The van der Waals surface area contributed by atoms with Crippen LogP contribution < -0.4 is 0 Å². The van der Waals surface area contributed by atoms with Gasteiger partial charge in [0.15, 0.2) is 0 Å². The molecule has 0 aromatic heterocycles. The number of unbranched alkanes of at least 4 members (excludes halogenated alkanes) is 2. The van der Waals surface area contributed by atoms with Crippen LogP contribution in [-0.4, -0.2) is 18.0 Å². The van der Waals surface area contributed by atoms with Gasteiger partial charge in [0.1, 0.15) is 0 Å². The molecule has 0 bridgehead atoms. The van der Waals surface area contributed by atoms with E-state index in [2.05, 4.69) is 13.8 Å². The quantitative estimate of drug-likeness (QED) is 0.552. The van der Waals surface area contributed by atoms with Crippen LogP contribution >= 0.6 is 6.04 Å². The predicted molar refractivity (Wildman–Crippen MR) is 80.7 cm³/mol. The normalized spacial score (nSPS) is 18.9. The average Bonchev–Trinajstić information content (AvgIpc) is 2.35. The first kappa shape index (κ1) is 14.7. The van der Waals surface area contributed by atoms with Crippen LogP contribution in [0.25, 0.3) is 0 Å². The molecule has 1 aliphatic rings. The highest BCUT2D eigenvalue weighted by molar-refractivity contribution is 8.15. The van der Waals surface area contributed by atoms with Gasteiger partial charge >= 0.3 is 0 Å². The van der Waals surface area contributed by atoms with Crippen LogP contribution in [0.15, 0.2) is 0 Å². The van der Waals surface area contributed by atoms with E-state index < -0.39 is 6.04 Å². The molecule has 0 aliphatic heterocycles. The zero-order valence-electron chi connectivity index (χ0n) is 11.2. The molecule has 16 heavy (non-hydrogen) atoms. The van der Waals surface area contributed by atoms with E-state index in [0.29, 0.717) is 0 Å². The van der Waals surface area contributed by atoms with E-state index in [4.69, 9.17) is 11.8 Å². The lowest BCUT2D eigenvalue weighted by Gasteiger charge is -2.34. The number of hydrogen-bond donors (Lipinski definition) is 0. The van der Waals surface area contributed by atoms with Gasteiger partial charge in [-0.1, -0.05) is 57.8 Å². The third-order valence-electron chi connectivity index (χ3n) is 4.02. The van der Waals surface area contributed by atoms with E-state index in [9.17, 15) is 0 Å². The first-order valence-corrected chi connectivity index (χ1v) is 10.5. The second kappa shape index (κ2) is 7.88. The van der Waals surface area contributed by atoms with E-state index in [1.807, 2.05) is 0 Å². The summed E-state index contributed by atoms with van der Waals surface area (Å²) in [5.41, 5.74) is 0.967. The van der Waals surface area contributed by atoms with Crippen molar-refractivity contribution in [3.05, 3.63) is 0 Å². The zero-order chi connectivity index (χ0) is 11.9. The Bertz CT molecular complexity index is 207. The highest BCUT2D eigenvalue weighted by atomic mass is 32.4. The molecule has 0 unspecified atom stereocenters. The molecule has 2 heteroatoms. The third kappa shape index (κ3) is 4.49. The second-order valence-electron chi connectivity index (χ2n) is 5.40. The molecule has 1 aliphatic carbocycles. The Morgan fingerprint density at radius 1 is 0.938 bits per heavy atom. The van der Waals surface area contributed by atoms with Crippen molar-refractivity contribution in [1.82, 2.24) is 0 Å². The molecule has 0 radical (unpaired) electrons. The zero-order valence-corrected chi connectivity index (χ0v) is 12.9. The molecule has 0 saturated heterocycles. The summed E-state index contributed by atoms with van der Waals surface area (Å²) in [7, 11) is 0. The van der Waals surface area contributed by atoms with Crippen molar-refractivity contribution in [2.24, 2.45) is 0 Å². The van der Waals surface area contributed by atoms with Crippen LogP contribution in [0, 0.1) is 0 Å². The Kier molecular flexibility index (Phi) is 7.24. The van der Waals surface area contributed by atoms with Gasteiger partial charge in [0, 0.05) is 0 Å². The molecular weight excluding hydrogens is 231 g/mol. The molecule has 0 N–H and O–H groups in total. The Labute approximate surface area is 108 Å². The van der Waals surface area contributed by atoms with Crippen molar-refractivity contribution in [2.45, 2.75) is 77.3 Å². The minimum Gasteiger partial charge on any atom is -0.0972 e. The van der Waals surface area contributed by atoms with E-state index in [0.717, 1.165) is 5.66 Å². The van der Waals surface area contributed by atoms with Gasteiger partial charge in [-0.15, -0.1) is 0 Å². The molecule has 0 amide bonds. The lowest BCUT2D eigenvalue weighted by atomic mass is 10.0. The number of rotatable bonds is 7. The SMILES string of the molecule is CCCCP(=S)(CCCC)C1CCCCC1. The van der Waals surface area contributed by atoms with Crippen LogP contribution in [-0.2, 0) is 11.8 Å². The standard InChI is InChI=1S/C14H29PS/c1-3-5-12-15(16,13-6-4-2)14-10-8-7-9-11-14/h14H,3-13H2,1-2H3. The number of hydrogen-bond acceptors (Lipinski definition) is 1. The second-order valence-corrected chi connectivity index (χ2v) is 11.1. The van der Waals surface area contributed by atoms with E-state index in [1.54, 1.807) is 0 Å². The monoisotopic (exact) mass is 260 g/mol. The summed E-state index contributed by atoms with van der Waals surface area (Å²) in [4.78, 5) is 0. The molecule has 1 rings (SSSR count). The van der Waals surface area contributed by atoms with Gasteiger partial charge in [0.2, 0.25) is 0 Å². The maximum atomic E-state index is 6.16. The van der Waals surface area contributed by atoms with Crippen molar-refractivity contribution < 1.29 is 0 Å². The van der Waals surface area contributed by atoms with Gasteiger partial charge < -0.3 is 0 Å². The maximum Gasteiger partial charge on any atom is -0.0118 e. The molecular formula is C14H29PS. The topological polar surface area (TPSA) is 0 Å². The van der Waals surface area contributed by atoms with E-state index in [1.165, 1.54) is 70.1 Å². The van der Waals surface area contributed by atoms with Crippen molar-refractivity contribution in [3.8, 4) is 0 Å². The van der Waals surface area contributed by atoms with Crippen LogP contribution in [0.3, 0.4) is 0 Å². The molecule has 0 atom stereocenters. The Hall–Kier alpha value is 0.650. The van der Waals surface area contributed by atoms with Crippen LogP contribution in [0.4, 0.5) is 0 Å². The Balaban J connectivity index is 2.56. The summed E-state index contributed by atoms with van der Waals surface area (Å²) in [6, 6.07) is -0.994. The van der Waals surface area contributed by atoms with Crippen LogP contribution in [0.2, 0.25) is 0 Å². The summed E-state index contributed by atoms with van der Waals surface area (Å²) in [5.74, 6) is 0. The Morgan fingerprint density at radius 2 is 1.44 bits per heavy atom. The van der Waals surface area contributed by atoms with Gasteiger partial charge in [-0.25, -0.2) is 0 Å². The molecule has 0 aromatic carbocycles. The van der Waals surface area contributed by atoms with Crippen molar-refractivity contribution in [2.75, 3.05) is 12.3 Å². The fourth-order valence-electron chi connectivity index (χ4n) is 2.88. The molecule has 0 heterocycles. The van der Waals surface area contributed by atoms with Gasteiger partial charge in [0.25, 0.3) is 0 Å². The minimum absolute atomic E-state index is 0.967. The summed E-state index contributed by atoms with van der Waals surface area (Å²) in [6.07, 6.45) is 15.6. The van der Waals surface area contributed by atoms with Crippen molar-refractivity contribution in [1.29, 1.82) is 0 Å². The largest absolute Gasteiger partial charge is 0.0972 e. The van der Waals surface area contributed by atoms with Gasteiger partial charge in [-0.05, 0) is 49.7 Å². The first-order valence-electron chi connectivity index (χ1n) is 7.30. The van der Waals surface area contributed by atoms with Crippen LogP contribution in [0.5, 0.6) is 0 Å². The smallest absolute Gasteiger partial charge is 0.0118 e. The van der Waals surface area contributed by atoms with Gasteiger partial charge in [-0.3, -0.25) is 0 Å². The van der Waals surface area contributed by atoms with Crippen molar-refractivity contribution >= 4 is 17.8 Å². The fourth-order valence-corrected chi connectivity index (χ4v) is 8.25. The molecule has 96 valence electrons. The molecule has 1 saturated carbocycles.